The second kappa shape index (κ2) is 11.7. The third-order valence-electron chi connectivity index (χ3n) is 4.76. The van der Waals surface area contributed by atoms with Crippen molar-refractivity contribution in [2.24, 2.45) is 5.10 Å². The molecule has 3 aromatic rings. The largest absolute Gasteiger partial charge is 0.482 e. The van der Waals surface area contributed by atoms with Crippen LogP contribution in [-0.4, -0.2) is 29.6 Å². The van der Waals surface area contributed by atoms with Gasteiger partial charge in [0.15, 0.2) is 6.61 Å². The van der Waals surface area contributed by atoms with Crippen molar-refractivity contribution < 1.29 is 19.2 Å². The van der Waals surface area contributed by atoms with Crippen LogP contribution < -0.4 is 15.5 Å². The van der Waals surface area contributed by atoms with Crippen LogP contribution >= 0.6 is 31.9 Å². The molecule has 3 rings (SSSR count). The molecule has 2 amide bonds. The Morgan fingerprint density at radius 2 is 1.80 bits per heavy atom. The highest BCUT2D eigenvalue weighted by molar-refractivity contribution is 9.11. The summed E-state index contributed by atoms with van der Waals surface area (Å²) in [6.07, 6.45) is 1.37. The van der Waals surface area contributed by atoms with E-state index in [-0.39, 0.29) is 23.8 Å². The smallest absolute Gasteiger partial charge is 0.271 e. The Hall–Kier alpha value is -3.57. The molecule has 0 radical (unpaired) electrons. The van der Waals surface area contributed by atoms with Crippen LogP contribution in [0.1, 0.15) is 27.0 Å². The van der Waals surface area contributed by atoms with Gasteiger partial charge in [0.05, 0.1) is 15.6 Å². The van der Waals surface area contributed by atoms with Gasteiger partial charge >= 0.3 is 0 Å². The molecule has 0 aliphatic carbocycles. The molecule has 0 saturated carbocycles. The number of anilines is 1. The van der Waals surface area contributed by atoms with Crippen molar-refractivity contribution in [3.63, 3.8) is 0 Å². The summed E-state index contributed by atoms with van der Waals surface area (Å²) in [5.41, 5.74) is 5.63. The molecule has 9 nitrogen and oxygen atoms in total. The normalized spacial score (nSPS) is 10.7. The molecule has 0 saturated heterocycles. The molecule has 0 atom stereocenters. The lowest BCUT2D eigenvalue weighted by Crippen LogP contribution is -2.21. The summed E-state index contributed by atoms with van der Waals surface area (Å²) in [4.78, 5) is 35.0. The Morgan fingerprint density at radius 3 is 2.49 bits per heavy atom. The third kappa shape index (κ3) is 7.20. The van der Waals surface area contributed by atoms with Crippen LogP contribution in [0.25, 0.3) is 0 Å². The zero-order chi connectivity index (χ0) is 25.5. The fraction of sp³-hybridized carbons (Fsp3) is 0.125. The quantitative estimate of drug-likeness (QED) is 0.199. The van der Waals surface area contributed by atoms with Gasteiger partial charge in [-0.25, -0.2) is 5.43 Å². The lowest BCUT2D eigenvalue weighted by atomic mass is 10.1. The molecule has 180 valence electrons. The van der Waals surface area contributed by atoms with Gasteiger partial charge in [-0.05, 0) is 71.2 Å². The lowest BCUT2D eigenvalue weighted by molar-refractivity contribution is -0.384. The van der Waals surface area contributed by atoms with Gasteiger partial charge in [-0.2, -0.15) is 5.10 Å². The number of hydrogen-bond donors (Lipinski definition) is 2. The number of ether oxygens (including phenoxy) is 1. The number of halogens is 2. The fourth-order valence-corrected chi connectivity index (χ4v) is 4.36. The van der Waals surface area contributed by atoms with E-state index in [9.17, 15) is 19.7 Å². The standard InChI is InChI=1S/C24H20Br2N4O5/c1-14-3-4-15(2)21(9-14)28-22(31)13-35-23-17(10-18(25)11-20(23)26)12-27-29-24(32)16-5-7-19(8-6-16)30(33)34/h3-12H,13H2,1-2H3,(H,28,31)(H,29,32)/b27-12+. The maximum absolute atomic E-state index is 12.5. The predicted octanol–water partition coefficient (Wildman–Crippen LogP) is 5.52. The van der Waals surface area contributed by atoms with Crippen molar-refractivity contribution in [1.29, 1.82) is 0 Å². The topological polar surface area (TPSA) is 123 Å². The number of amides is 2. The van der Waals surface area contributed by atoms with E-state index >= 15 is 0 Å². The first-order valence-corrected chi connectivity index (χ1v) is 11.8. The van der Waals surface area contributed by atoms with Crippen LogP contribution in [-0.2, 0) is 4.79 Å². The number of aryl methyl sites for hydroxylation is 2. The summed E-state index contributed by atoms with van der Waals surface area (Å²) < 4.78 is 7.06. The molecular formula is C24H20Br2N4O5. The number of hydrogen-bond acceptors (Lipinski definition) is 6. The molecule has 0 heterocycles. The van der Waals surface area contributed by atoms with E-state index in [1.807, 2.05) is 32.0 Å². The van der Waals surface area contributed by atoms with E-state index in [1.54, 1.807) is 12.1 Å². The fourth-order valence-electron chi connectivity index (χ4n) is 2.98. The van der Waals surface area contributed by atoms with Gasteiger partial charge < -0.3 is 10.1 Å². The average molecular weight is 604 g/mol. The Balaban J connectivity index is 1.68. The molecule has 0 bridgehead atoms. The summed E-state index contributed by atoms with van der Waals surface area (Å²) in [5.74, 6) is -0.513. The molecule has 0 aromatic heterocycles. The van der Waals surface area contributed by atoms with Gasteiger partial charge in [-0.3, -0.25) is 19.7 Å². The maximum Gasteiger partial charge on any atom is 0.271 e. The number of benzene rings is 3. The zero-order valence-corrected chi connectivity index (χ0v) is 21.8. The number of carbonyl (C=O) groups is 2. The summed E-state index contributed by atoms with van der Waals surface area (Å²) in [6, 6.07) is 14.4. The summed E-state index contributed by atoms with van der Waals surface area (Å²) >= 11 is 6.81. The Morgan fingerprint density at radius 1 is 1.09 bits per heavy atom. The van der Waals surface area contributed by atoms with Crippen molar-refractivity contribution in [2.45, 2.75) is 13.8 Å². The Kier molecular flexibility index (Phi) is 8.72. The maximum atomic E-state index is 12.5. The van der Waals surface area contributed by atoms with Gasteiger partial charge in [0.25, 0.3) is 17.5 Å². The molecule has 0 unspecified atom stereocenters. The van der Waals surface area contributed by atoms with Crippen molar-refractivity contribution in [3.8, 4) is 5.75 Å². The Bertz CT molecular complexity index is 1310. The van der Waals surface area contributed by atoms with E-state index < -0.39 is 10.8 Å². The number of nitrogens with one attached hydrogen (secondary N) is 2. The second-order valence-electron chi connectivity index (χ2n) is 7.46. The van der Waals surface area contributed by atoms with Gasteiger partial charge in [0.2, 0.25) is 0 Å². The molecule has 0 aliphatic heterocycles. The van der Waals surface area contributed by atoms with Crippen LogP contribution in [0.2, 0.25) is 0 Å². The number of hydrazone groups is 1. The van der Waals surface area contributed by atoms with Crippen molar-refractivity contribution in [3.05, 3.63) is 95.9 Å². The number of rotatable bonds is 8. The highest BCUT2D eigenvalue weighted by Crippen LogP contribution is 2.32. The number of nitro groups is 1. The molecule has 2 N–H and O–H groups in total. The van der Waals surface area contributed by atoms with E-state index in [0.29, 0.717) is 21.5 Å². The third-order valence-corrected chi connectivity index (χ3v) is 5.81. The first-order chi connectivity index (χ1) is 16.6. The molecule has 0 fully saturated rings. The zero-order valence-electron chi connectivity index (χ0n) is 18.7. The van der Waals surface area contributed by atoms with Crippen LogP contribution in [0.4, 0.5) is 11.4 Å². The number of non-ortho nitro benzene ring substituents is 1. The lowest BCUT2D eigenvalue weighted by Gasteiger charge is -2.13. The van der Waals surface area contributed by atoms with Gasteiger partial charge in [-0.1, -0.05) is 28.1 Å². The van der Waals surface area contributed by atoms with E-state index in [0.717, 1.165) is 15.6 Å². The van der Waals surface area contributed by atoms with E-state index in [2.05, 4.69) is 47.7 Å². The minimum atomic E-state index is -0.547. The highest BCUT2D eigenvalue weighted by Gasteiger charge is 2.13. The SMILES string of the molecule is Cc1ccc(C)c(NC(=O)COc2c(Br)cc(Br)cc2/C=N/NC(=O)c2ccc([N+](=O)[O-])cc2)c1. The molecule has 35 heavy (non-hydrogen) atoms. The minimum absolute atomic E-state index is 0.118. The number of nitrogens with zero attached hydrogens (tertiary/aromatic N) is 2. The van der Waals surface area contributed by atoms with E-state index in [4.69, 9.17) is 4.74 Å². The molecular weight excluding hydrogens is 584 g/mol. The predicted molar refractivity (Wildman–Crippen MR) is 140 cm³/mol. The summed E-state index contributed by atoms with van der Waals surface area (Å²) in [7, 11) is 0. The second-order valence-corrected chi connectivity index (χ2v) is 9.23. The first-order valence-electron chi connectivity index (χ1n) is 10.2. The van der Waals surface area contributed by atoms with E-state index in [1.165, 1.54) is 30.5 Å². The van der Waals surface area contributed by atoms with Gasteiger partial charge in [0, 0.05) is 33.4 Å². The minimum Gasteiger partial charge on any atom is -0.482 e. The molecule has 11 heteroatoms. The van der Waals surface area contributed by atoms with Crippen molar-refractivity contribution >= 4 is 61.3 Å². The summed E-state index contributed by atoms with van der Waals surface area (Å²) in [6.45, 7) is 3.60. The Labute approximate surface area is 218 Å². The van der Waals surface area contributed by atoms with Crippen LogP contribution in [0.15, 0.2) is 68.6 Å². The molecule has 3 aromatic carbocycles. The summed E-state index contributed by atoms with van der Waals surface area (Å²) in [5, 5.41) is 17.5. The first kappa shape index (κ1) is 26.0. The van der Waals surface area contributed by atoms with Crippen molar-refractivity contribution in [2.75, 3.05) is 11.9 Å². The van der Waals surface area contributed by atoms with Crippen LogP contribution in [0.5, 0.6) is 5.75 Å². The van der Waals surface area contributed by atoms with Gasteiger partial charge in [0.1, 0.15) is 5.75 Å². The number of carbonyl (C=O) groups excluding carboxylic acids is 2. The monoisotopic (exact) mass is 602 g/mol. The van der Waals surface area contributed by atoms with Crippen LogP contribution in [0, 0.1) is 24.0 Å². The molecule has 0 aliphatic rings. The highest BCUT2D eigenvalue weighted by atomic mass is 79.9. The molecule has 0 spiro atoms. The van der Waals surface area contributed by atoms with Crippen LogP contribution in [0.3, 0.4) is 0 Å². The number of nitro benzene ring substituents is 1. The van der Waals surface area contributed by atoms with Gasteiger partial charge in [-0.15, -0.1) is 0 Å². The average Bonchev–Trinajstić information content (AvgIpc) is 2.80. The van der Waals surface area contributed by atoms with Crippen molar-refractivity contribution in [1.82, 2.24) is 5.43 Å².